The van der Waals surface area contributed by atoms with E-state index in [9.17, 15) is 29.4 Å². The van der Waals surface area contributed by atoms with E-state index in [2.05, 4.69) is 0 Å². The molecule has 1 saturated carbocycles. The molecule has 2 heterocycles. The van der Waals surface area contributed by atoms with Gasteiger partial charge in [-0.2, -0.15) is 0 Å². The number of allylic oxidation sites excluding steroid dienone is 2. The molecule has 8 nitrogen and oxygen atoms in total. The van der Waals surface area contributed by atoms with E-state index < -0.39 is 35.0 Å². The summed E-state index contributed by atoms with van der Waals surface area (Å²) in [7, 11) is 0. The molecule has 4 amide bonds. The van der Waals surface area contributed by atoms with Gasteiger partial charge in [-0.1, -0.05) is 78.4 Å². The first-order chi connectivity index (χ1) is 22.7. The number of likely N-dealkylation sites (tertiary alicyclic amines) is 1. The van der Waals surface area contributed by atoms with Gasteiger partial charge in [0.2, 0.25) is 23.6 Å². The fourth-order valence-corrected chi connectivity index (χ4v) is 8.88. The third-order valence-electron chi connectivity index (χ3n) is 11.2. The highest BCUT2D eigenvalue weighted by Gasteiger charge is 2.67. The van der Waals surface area contributed by atoms with Crippen molar-refractivity contribution in [3.63, 3.8) is 0 Å². The number of imide groups is 2. The normalized spacial score (nSPS) is 28.4. The summed E-state index contributed by atoms with van der Waals surface area (Å²) >= 11 is 0. The quantitative estimate of drug-likeness (QED) is 0.216. The number of benzene rings is 4. The highest BCUT2D eigenvalue weighted by Crippen LogP contribution is 2.64. The number of carbonyl (C=O) groups excluding carboxylic acids is 4. The van der Waals surface area contributed by atoms with E-state index in [0.29, 0.717) is 29.5 Å². The molecule has 4 aliphatic rings. The Morgan fingerprint density at radius 2 is 1.51 bits per heavy atom. The Balaban J connectivity index is 1.23. The third kappa shape index (κ3) is 4.20. The fraction of sp³-hybridized carbons (Fsp3) is 0.282. The summed E-state index contributed by atoms with van der Waals surface area (Å²) < 4.78 is 0. The molecule has 236 valence electrons. The van der Waals surface area contributed by atoms with Crippen molar-refractivity contribution in [1.82, 2.24) is 4.90 Å². The van der Waals surface area contributed by atoms with Crippen LogP contribution < -0.4 is 4.90 Å². The summed E-state index contributed by atoms with van der Waals surface area (Å²) in [5, 5.41) is 22.9. The van der Waals surface area contributed by atoms with Gasteiger partial charge in [0.05, 0.1) is 28.9 Å². The van der Waals surface area contributed by atoms with Crippen LogP contribution in [0.4, 0.5) is 5.69 Å². The van der Waals surface area contributed by atoms with Gasteiger partial charge in [0.15, 0.2) is 0 Å². The summed E-state index contributed by atoms with van der Waals surface area (Å²) in [4.78, 5) is 59.5. The maximum absolute atomic E-state index is 14.6. The number of nitrogens with zero attached hydrogens (tertiary/aromatic N) is 2. The first kappa shape index (κ1) is 29.2. The van der Waals surface area contributed by atoms with Crippen LogP contribution in [0.2, 0.25) is 0 Å². The Labute approximate surface area is 271 Å². The van der Waals surface area contributed by atoms with Gasteiger partial charge >= 0.3 is 0 Å². The number of carbonyl (C=O) groups is 4. The zero-order valence-corrected chi connectivity index (χ0v) is 25.9. The van der Waals surface area contributed by atoms with Crippen molar-refractivity contribution in [3.8, 4) is 11.5 Å². The summed E-state index contributed by atoms with van der Waals surface area (Å²) in [6, 6.07) is 26.9. The van der Waals surface area contributed by atoms with Gasteiger partial charge in [-0.25, -0.2) is 4.90 Å². The largest absolute Gasteiger partial charge is 0.508 e. The number of aromatic hydroxyl groups is 2. The van der Waals surface area contributed by atoms with Gasteiger partial charge < -0.3 is 10.2 Å². The lowest BCUT2D eigenvalue weighted by Crippen LogP contribution is -2.49. The Kier molecular flexibility index (Phi) is 6.62. The monoisotopic (exact) mass is 626 g/mol. The van der Waals surface area contributed by atoms with E-state index in [4.69, 9.17) is 0 Å². The smallest absolute Gasteiger partial charge is 0.241 e. The number of anilines is 1. The van der Waals surface area contributed by atoms with E-state index in [-0.39, 0.29) is 48.1 Å². The van der Waals surface area contributed by atoms with Crippen molar-refractivity contribution in [2.24, 2.45) is 29.1 Å². The van der Waals surface area contributed by atoms with E-state index in [1.807, 2.05) is 55.5 Å². The zero-order valence-electron chi connectivity index (χ0n) is 25.9. The molecule has 3 fully saturated rings. The second-order valence-electron chi connectivity index (χ2n) is 13.5. The van der Waals surface area contributed by atoms with E-state index in [0.717, 1.165) is 16.5 Å². The molecule has 0 bridgehead atoms. The molecule has 4 aromatic rings. The predicted molar refractivity (Wildman–Crippen MR) is 175 cm³/mol. The van der Waals surface area contributed by atoms with Crippen molar-refractivity contribution >= 4 is 40.1 Å². The van der Waals surface area contributed by atoms with Crippen LogP contribution in [0.5, 0.6) is 11.5 Å². The van der Waals surface area contributed by atoms with Crippen LogP contribution >= 0.6 is 0 Å². The van der Waals surface area contributed by atoms with Crippen molar-refractivity contribution in [1.29, 1.82) is 0 Å². The van der Waals surface area contributed by atoms with Crippen LogP contribution in [0.1, 0.15) is 36.8 Å². The Morgan fingerprint density at radius 1 is 0.787 bits per heavy atom. The average Bonchev–Trinajstić information content (AvgIpc) is 3.44. The van der Waals surface area contributed by atoms with E-state index >= 15 is 0 Å². The van der Waals surface area contributed by atoms with E-state index in [1.54, 1.807) is 48.5 Å². The van der Waals surface area contributed by atoms with Crippen LogP contribution in [-0.2, 0) is 25.6 Å². The standard InChI is InChI=1S/C39H34N2O6/c1-39-31(36(45)41(38(39)47)24-8-3-2-4-9-24)21-30-27(33(39)29-16-13-23-7-5-6-10-26(23)34(29)43)17-18-28-32(30)37(46)40(35(28)44)20-19-22-11-14-25(42)15-12-22/h2-17,28,30-33,42-43H,18-21H2,1H3. The number of fused-ring (bicyclic) bond motifs is 5. The zero-order chi connectivity index (χ0) is 32.6. The van der Waals surface area contributed by atoms with Gasteiger partial charge in [0.1, 0.15) is 11.5 Å². The molecular weight excluding hydrogens is 592 g/mol. The maximum atomic E-state index is 14.6. The topological polar surface area (TPSA) is 115 Å². The predicted octanol–water partition coefficient (Wildman–Crippen LogP) is 5.72. The Hall–Kier alpha value is -5.24. The lowest BCUT2D eigenvalue weighted by Gasteiger charge is -2.49. The van der Waals surface area contributed by atoms with Gasteiger partial charge in [0, 0.05) is 23.4 Å². The van der Waals surface area contributed by atoms with Crippen LogP contribution in [0, 0.1) is 29.1 Å². The van der Waals surface area contributed by atoms with Crippen molar-refractivity contribution in [3.05, 3.63) is 114 Å². The molecule has 2 aliphatic heterocycles. The van der Waals surface area contributed by atoms with Crippen LogP contribution in [-0.4, -0.2) is 45.3 Å². The number of amides is 4. The maximum Gasteiger partial charge on any atom is 0.241 e. The third-order valence-corrected chi connectivity index (χ3v) is 11.2. The Morgan fingerprint density at radius 3 is 2.28 bits per heavy atom. The van der Waals surface area contributed by atoms with Crippen LogP contribution in [0.15, 0.2) is 103 Å². The lowest BCUT2D eigenvalue weighted by molar-refractivity contribution is -0.140. The fourth-order valence-electron chi connectivity index (χ4n) is 8.88. The van der Waals surface area contributed by atoms with Gasteiger partial charge in [0.25, 0.3) is 0 Å². The number of phenolic OH excluding ortho intramolecular Hbond substituents is 2. The lowest BCUT2D eigenvalue weighted by atomic mass is 9.51. The number of phenols is 2. The number of hydrogen-bond donors (Lipinski definition) is 2. The highest BCUT2D eigenvalue weighted by molar-refractivity contribution is 6.24. The molecule has 2 aliphatic carbocycles. The highest BCUT2D eigenvalue weighted by atomic mass is 16.3. The summed E-state index contributed by atoms with van der Waals surface area (Å²) in [5.41, 5.74) is 1.54. The van der Waals surface area contributed by atoms with Gasteiger partial charge in [-0.05, 0) is 67.3 Å². The van der Waals surface area contributed by atoms with Gasteiger partial charge in [-0.3, -0.25) is 24.1 Å². The summed E-state index contributed by atoms with van der Waals surface area (Å²) in [6.45, 7) is 2.04. The molecular formula is C39H34N2O6. The molecule has 4 aromatic carbocycles. The number of rotatable bonds is 5. The minimum atomic E-state index is -1.23. The second kappa shape index (κ2) is 10.7. The number of para-hydroxylation sites is 1. The van der Waals surface area contributed by atoms with E-state index in [1.165, 1.54) is 9.80 Å². The summed E-state index contributed by atoms with van der Waals surface area (Å²) in [5.74, 6) is -4.04. The minimum absolute atomic E-state index is 0.0551. The molecule has 0 spiro atoms. The molecule has 6 atom stereocenters. The summed E-state index contributed by atoms with van der Waals surface area (Å²) in [6.07, 6.45) is 3.06. The van der Waals surface area contributed by atoms with Crippen LogP contribution in [0.25, 0.3) is 10.8 Å². The van der Waals surface area contributed by atoms with Crippen molar-refractivity contribution in [2.45, 2.75) is 32.1 Å². The van der Waals surface area contributed by atoms with Crippen molar-refractivity contribution in [2.75, 3.05) is 11.4 Å². The first-order valence-electron chi connectivity index (χ1n) is 16.2. The molecule has 47 heavy (non-hydrogen) atoms. The molecule has 6 unspecified atom stereocenters. The molecule has 2 saturated heterocycles. The van der Waals surface area contributed by atoms with Gasteiger partial charge in [-0.15, -0.1) is 0 Å². The molecule has 0 aromatic heterocycles. The SMILES string of the molecule is CC12C(=O)N(c3ccccc3)C(=O)C1CC1C(=CCC3C(=O)N(CCc4ccc(O)cc4)C(=O)C31)C2c1ccc2ccccc2c1O. The molecule has 8 rings (SSSR count). The second-order valence-corrected chi connectivity index (χ2v) is 13.5. The number of hydrogen-bond acceptors (Lipinski definition) is 6. The first-order valence-corrected chi connectivity index (χ1v) is 16.2. The molecule has 2 N–H and O–H groups in total. The van der Waals surface area contributed by atoms with Crippen LogP contribution in [0.3, 0.4) is 0 Å². The Bertz CT molecular complexity index is 2000. The molecule has 8 heteroatoms. The average molecular weight is 627 g/mol. The minimum Gasteiger partial charge on any atom is -0.508 e. The van der Waals surface area contributed by atoms with Crippen molar-refractivity contribution < 1.29 is 29.4 Å². The molecule has 0 radical (unpaired) electrons.